The third kappa shape index (κ3) is 4.40. The second kappa shape index (κ2) is 8.29. The normalized spacial score (nSPS) is 10.3. The van der Waals surface area contributed by atoms with Gasteiger partial charge in [-0.05, 0) is 42.3 Å². The van der Waals surface area contributed by atoms with E-state index in [0.717, 1.165) is 35.9 Å². The minimum absolute atomic E-state index is 0.624. The van der Waals surface area contributed by atoms with Gasteiger partial charge in [0.05, 0.1) is 20.8 Å². The molecule has 118 valence electrons. The van der Waals surface area contributed by atoms with Crippen LogP contribution in [0.5, 0.6) is 17.2 Å². The van der Waals surface area contributed by atoms with Crippen LogP contribution in [0.3, 0.4) is 0 Å². The summed E-state index contributed by atoms with van der Waals surface area (Å²) < 4.78 is 16.0. The van der Waals surface area contributed by atoms with Crippen LogP contribution in [0.15, 0.2) is 42.5 Å². The smallest absolute Gasteiger partial charge is 0.161 e. The van der Waals surface area contributed by atoms with E-state index in [0.29, 0.717) is 6.61 Å². The molecular formula is C18H23NO3. The Hall–Kier alpha value is -2.20. The summed E-state index contributed by atoms with van der Waals surface area (Å²) in [5.74, 6) is 2.43. The molecule has 4 nitrogen and oxygen atoms in total. The molecule has 0 unspecified atom stereocenters. The quantitative estimate of drug-likeness (QED) is 0.811. The van der Waals surface area contributed by atoms with E-state index in [-0.39, 0.29) is 0 Å². The maximum atomic E-state index is 5.59. The zero-order chi connectivity index (χ0) is 15.8. The van der Waals surface area contributed by atoms with E-state index >= 15 is 0 Å². The fourth-order valence-electron chi connectivity index (χ4n) is 2.19. The molecule has 2 aromatic carbocycles. The Morgan fingerprint density at radius 1 is 0.818 bits per heavy atom. The second-order valence-corrected chi connectivity index (χ2v) is 4.87. The molecule has 22 heavy (non-hydrogen) atoms. The van der Waals surface area contributed by atoms with Gasteiger partial charge in [-0.25, -0.2) is 0 Å². The summed E-state index contributed by atoms with van der Waals surface area (Å²) in [6.45, 7) is 4.17. The molecule has 0 saturated heterocycles. The first-order chi connectivity index (χ1) is 10.8. The van der Waals surface area contributed by atoms with E-state index in [9.17, 15) is 0 Å². The van der Waals surface area contributed by atoms with Crippen molar-refractivity contribution < 1.29 is 14.2 Å². The van der Waals surface area contributed by atoms with Gasteiger partial charge in [0.1, 0.15) is 5.75 Å². The molecule has 0 fully saturated rings. The van der Waals surface area contributed by atoms with Gasteiger partial charge in [0, 0.05) is 13.1 Å². The molecule has 0 atom stereocenters. The summed E-state index contributed by atoms with van der Waals surface area (Å²) >= 11 is 0. The Kier molecular flexibility index (Phi) is 6.10. The lowest BCUT2D eigenvalue weighted by molar-refractivity contribution is 0.310. The Morgan fingerprint density at radius 3 is 2.14 bits per heavy atom. The van der Waals surface area contributed by atoms with Gasteiger partial charge in [-0.3, -0.25) is 0 Å². The molecule has 0 aliphatic rings. The molecule has 0 saturated carbocycles. The Labute approximate surface area is 132 Å². The Bertz CT molecular complexity index is 581. The molecule has 0 amide bonds. The monoisotopic (exact) mass is 301 g/mol. The van der Waals surface area contributed by atoms with E-state index in [1.807, 2.05) is 37.3 Å². The summed E-state index contributed by atoms with van der Waals surface area (Å²) in [5.41, 5.74) is 2.39. The van der Waals surface area contributed by atoms with E-state index in [1.165, 1.54) is 5.56 Å². The van der Waals surface area contributed by atoms with Crippen LogP contribution in [0.4, 0.5) is 0 Å². The molecular weight excluding hydrogens is 278 g/mol. The molecule has 0 bridgehead atoms. The third-order valence-corrected chi connectivity index (χ3v) is 3.35. The SMILES string of the molecule is CCOc1cc(CNCc2ccc(OC)cc2)ccc1OC. The predicted molar refractivity (Wildman–Crippen MR) is 87.7 cm³/mol. The van der Waals surface area contributed by atoms with Crippen LogP contribution in [0.2, 0.25) is 0 Å². The van der Waals surface area contributed by atoms with Crippen molar-refractivity contribution in [1.82, 2.24) is 5.32 Å². The minimum Gasteiger partial charge on any atom is -0.497 e. The fraction of sp³-hybridized carbons (Fsp3) is 0.333. The average molecular weight is 301 g/mol. The van der Waals surface area contributed by atoms with Crippen molar-refractivity contribution in [3.8, 4) is 17.2 Å². The topological polar surface area (TPSA) is 39.7 Å². The van der Waals surface area contributed by atoms with Gasteiger partial charge in [-0.1, -0.05) is 18.2 Å². The lowest BCUT2D eigenvalue weighted by atomic mass is 10.2. The highest BCUT2D eigenvalue weighted by atomic mass is 16.5. The summed E-state index contributed by atoms with van der Waals surface area (Å²) in [5, 5.41) is 3.43. The number of rotatable bonds is 8. The largest absolute Gasteiger partial charge is 0.497 e. The standard InChI is InChI=1S/C18H23NO3/c1-4-22-18-11-15(7-10-17(18)21-3)13-19-12-14-5-8-16(20-2)9-6-14/h5-11,19H,4,12-13H2,1-3H3. The Morgan fingerprint density at radius 2 is 1.50 bits per heavy atom. The van der Waals surface area contributed by atoms with Gasteiger partial charge >= 0.3 is 0 Å². The Balaban J connectivity index is 1.91. The highest BCUT2D eigenvalue weighted by molar-refractivity contribution is 5.43. The number of methoxy groups -OCH3 is 2. The maximum absolute atomic E-state index is 5.59. The molecule has 0 aromatic heterocycles. The number of hydrogen-bond acceptors (Lipinski definition) is 4. The molecule has 0 radical (unpaired) electrons. The van der Waals surface area contributed by atoms with E-state index in [1.54, 1.807) is 14.2 Å². The van der Waals surface area contributed by atoms with Crippen LogP contribution in [-0.2, 0) is 13.1 Å². The van der Waals surface area contributed by atoms with E-state index in [2.05, 4.69) is 17.4 Å². The van der Waals surface area contributed by atoms with Crippen LogP contribution in [0.25, 0.3) is 0 Å². The fourth-order valence-corrected chi connectivity index (χ4v) is 2.19. The average Bonchev–Trinajstić information content (AvgIpc) is 2.56. The third-order valence-electron chi connectivity index (χ3n) is 3.35. The van der Waals surface area contributed by atoms with Crippen molar-refractivity contribution in [2.45, 2.75) is 20.0 Å². The molecule has 0 spiro atoms. The van der Waals surface area contributed by atoms with Gasteiger partial charge < -0.3 is 19.5 Å². The number of hydrogen-bond donors (Lipinski definition) is 1. The van der Waals surface area contributed by atoms with Crippen molar-refractivity contribution in [3.05, 3.63) is 53.6 Å². The molecule has 1 N–H and O–H groups in total. The zero-order valence-electron chi connectivity index (χ0n) is 13.4. The lowest BCUT2D eigenvalue weighted by Crippen LogP contribution is -2.12. The molecule has 2 aromatic rings. The molecule has 0 heterocycles. The van der Waals surface area contributed by atoms with Gasteiger partial charge in [0.2, 0.25) is 0 Å². The number of nitrogens with one attached hydrogen (secondary N) is 1. The van der Waals surface area contributed by atoms with Gasteiger partial charge in [0.15, 0.2) is 11.5 Å². The molecule has 0 aliphatic heterocycles. The summed E-state index contributed by atoms with van der Waals surface area (Å²) in [4.78, 5) is 0. The van der Waals surface area contributed by atoms with Crippen molar-refractivity contribution >= 4 is 0 Å². The summed E-state index contributed by atoms with van der Waals surface area (Å²) in [6, 6.07) is 14.1. The van der Waals surface area contributed by atoms with E-state index < -0.39 is 0 Å². The van der Waals surface area contributed by atoms with Crippen molar-refractivity contribution in [2.75, 3.05) is 20.8 Å². The van der Waals surface area contributed by atoms with Crippen molar-refractivity contribution in [3.63, 3.8) is 0 Å². The van der Waals surface area contributed by atoms with Gasteiger partial charge in [-0.15, -0.1) is 0 Å². The van der Waals surface area contributed by atoms with Crippen LogP contribution in [-0.4, -0.2) is 20.8 Å². The lowest BCUT2D eigenvalue weighted by Gasteiger charge is -2.12. The van der Waals surface area contributed by atoms with Crippen LogP contribution < -0.4 is 19.5 Å². The van der Waals surface area contributed by atoms with Crippen LogP contribution in [0.1, 0.15) is 18.1 Å². The highest BCUT2D eigenvalue weighted by Gasteiger charge is 2.05. The highest BCUT2D eigenvalue weighted by Crippen LogP contribution is 2.28. The predicted octanol–water partition coefficient (Wildman–Crippen LogP) is 3.39. The first-order valence-electron chi connectivity index (χ1n) is 7.40. The van der Waals surface area contributed by atoms with Crippen molar-refractivity contribution in [1.29, 1.82) is 0 Å². The molecule has 2 rings (SSSR count). The van der Waals surface area contributed by atoms with Crippen LogP contribution in [0, 0.1) is 0 Å². The van der Waals surface area contributed by atoms with Gasteiger partial charge in [-0.2, -0.15) is 0 Å². The zero-order valence-corrected chi connectivity index (χ0v) is 13.4. The maximum Gasteiger partial charge on any atom is 0.161 e. The second-order valence-electron chi connectivity index (χ2n) is 4.87. The first-order valence-corrected chi connectivity index (χ1v) is 7.40. The summed E-state index contributed by atoms with van der Waals surface area (Å²) in [7, 11) is 3.33. The van der Waals surface area contributed by atoms with Gasteiger partial charge in [0.25, 0.3) is 0 Å². The minimum atomic E-state index is 0.624. The molecule has 4 heteroatoms. The number of benzene rings is 2. The van der Waals surface area contributed by atoms with Crippen LogP contribution >= 0.6 is 0 Å². The number of ether oxygens (including phenoxy) is 3. The first kappa shape index (κ1) is 16.2. The summed E-state index contributed by atoms with van der Waals surface area (Å²) in [6.07, 6.45) is 0. The van der Waals surface area contributed by atoms with Crippen molar-refractivity contribution in [2.24, 2.45) is 0 Å². The molecule has 0 aliphatic carbocycles. The van der Waals surface area contributed by atoms with E-state index in [4.69, 9.17) is 14.2 Å².